The summed E-state index contributed by atoms with van der Waals surface area (Å²) in [6, 6.07) is 11.1. The van der Waals surface area contributed by atoms with Crippen molar-refractivity contribution in [2.75, 3.05) is 18.4 Å². The van der Waals surface area contributed by atoms with Crippen LogP contribution in [-0.4, -0.2) is 35.1 Å². The highest BCUT2D eigenvalue weighted by atomic mass is 35.5. The largest absolute Gasteiger partial charge is 0.445 e. The molecule has 162 valence electrons. The lowest BCUT2D eigenvalue weighted by Crippen LogP contribution is -2.31. The SMILES string of the molecule is O=C(OCc1cc(Cl)cc(Cl)c1)N1CC2CC(Nc3ccc4[nH]c(=O)oc4c3)CC2C1. The molecule has 3 aromatic rings. The standard InChI is InChI=1S/C22H21Cl2N3O4/c23-15-3-12(4-16(24)7-15)11-30-22(29)27-9-13-5-18(6-14(13)10-27)25-17-1-2-19-20(8-17)31-21(28)26-19/h1-4,7-8,13-14,18,25H,5-6,9-11H2,(H,26,28). The molecule has 2 N–H and O–H groups in total. The minimum Gasteiger partial charge on any atom is -0.445 e. The number of amides is 1. The number of benzene rings is 2. The Morgan fingerprint density at radius 3 is 2.55 bits per heavy atom. The van der Waals surface area contributed by atoms with Gasteiger partial charge in [-0.15, -0.1) is 0 Å². The number of rotatable bonds is 4. The molecule has 0 bridgehead atoms. The summed E-state index contributed by atoms with van der Waals surface area (Å²) >= 11 is 12.0. The van der Waals surface area contributed by atoms with Gasteiger partial charge in [0.1, 0.15) is 6.61 Å². The number of aromatic nitrogens is 1. The predicted octanol–water partition coefficient (Wildman–Crippen LogP) is 4.89. The summed E-state index contributed by atoms with van der Waals surface area (Å²) in [5.74, 6) is 0.437. The number of nitrogens with one attached hydrogen (secondary N) is 2. The molecular formula is C22H21Cl2N3O4. The van der Waals surface area contributed by atoms with Crippen LogP contribution in [0.3, 0.4) is 0 Å². The third-order valence-electron chi connectivity index (χ3n) is 6.09. The van der Waals surface area contributed by atoms with Crippen LogP contribution in [0.5, 0.6) is 0 Å². The van der Waals surface area contributed by atoms with Crippen LogP contribution in [0.25, 0.3) is 11.1 Å². The van der Waals surface area contributed by atoms with Crippen molar-refractivity contribution in [3.63, 3.8) is 0 Å². The molecule has 1 saturated carbocycles. The summed E-state index contributed by atoms with van der Waals surface area (Å²) in [6.45, 7) is 1.54. The van der Waals surface area contributed by atoms with E-state index in [0.717, 1.165) is 24.1 Å². The van der Waals surface area contributed by atoms with Crippen molar-refractivity contribution in [3.8, 4) is 0 Å². The van der Waals surface area contributed by atoms with E-state index >= 15 is 0 Å². The summed E-state index contributed by atoms with van der Waals surface area (Å²) in [6.07, 6.45) is 1.66. The fourth-order valence-corrected chi connectivity index (χ4v) is 5.34. The second kappa shape index (κ2) is 8.13. The van der Waals surface area contributed by atoms with Gasteiger partial charge in [-0.25, -0.2) is 9.59 Å². The van der Waals surface area contributed by atoms with Gasteiger partial charge >= 0.3 is 11.8 Å². The van der Waals surface area contributed by atoms with E-state index in [1.165, 1.54) is 0 Å². The summed E-state index contributed by atoms with van der Waals surface area (Å²) in [7, 11) is 0. The average molecular weight is 462 g/mol. The normalized spacial score (nSPS) is 22.6. The van der Waals surface area contributed by atoms with Gasteiger partial charge in [-0.1, -0.05) is 23.2 Å². The molecule has 1 aromatic heterocycles. The Bertz CT molecular complexity index is 1160. The Morgan fingerprint density at radius 1 is 1.13 bits per heavy atom. The van der Waals surface area contributed by atoms with E-state index in [0.29, 0.717) is 52.1 Å². The molecular weight excluding hydrogens is 441 g/mol. The molecule has 2 atom stereocenters. The molecule has 2 aliphatic rings. The van der Waals surface area contributed by atoms with Crippen LogP contribution in [0.4, 0.5) is 10.5 Å². The van der Waals surface area contributed by atoms with Gasteiger partial charge in [0, 0.05) is 40.9 Å². The first kappa shape index (κ1) is 20.3. The molecule has 0 radical (unpaired) electrons. The maximum atomic E-state index is 12.5. The Kier molecular flexibility index (Phi) is 5.32. The van der Waals surface area contributed by atoms with Crippen molar-refractivity contribution in [2.24, 2.45) is 11.8 Å². The van der Waals surface area contributed by atoms with Gasteiger partial charge in [-0.3, -0.25) is 4.98 Å². The minimum atomic E-state index is -0.451. The zero-order valence-corrected chi connectivity index (χ0v) is 18.1. The number of nitrogens with zero attached hydrogens (tertiary/aromatic N) is 1. The lowest BCUT2D eigenvalue weighted by atomic mass is 10.0. The number of oxazole rings is 1. The smallest absolute Gasteiger partial charge is 0.417 e. The topological polar surface area (TPSA) is 87.6 Å². The molecule has 2 fully saturated rings. The van der Waals surface area contributed by atoms with E-state index in [-0.39, 0.29) is 12.7 Å². The number of halogens is 2. The zero-order chi connectivity index (χ0) is 21.5. The van der Waals surface area contributed by atoms with Crippen LogP contribution in [-0.2, 0) is 11.3 Å². The molecule has 1 amide bonds. The molecule has 2 aromatic carbocycles. The van der Waals surface area contributed by atoms with Gasteiger partial charge in [0.05, 0.1) is 5.52 Å². The number of hydrogen-bond acceptors (Lipinski definition) is 5. The second-order valence-electron chi connectivity index (χ2n) is 8.30. The Labute approximate surface area is 188 Å². The number of likely N-dealkylation sites (tertiary alicyclic amines) is 1. The maximum Gasteiger partial charge on any atom is 0.417 e. The van der Waals surface area contributed by atoms with Crippen molar-refractivity contribution < 1.29 is 13.9 Å². The molecule has 1 saturated heterocycles. The first-order chi connectivity index (χ1) is 14.9. The number of hydrogen-bond donors (Lipinski definition) is 2. The lowest BCUT2D eigenvalue weighted by Gasteiger charge is -2.20. The fraction of sp³-hybridized carbons (Fsp3) is 0.364. The van der Waals surface area contributed by atoms with E-state index in [1.54, 1.807) is 23.1 Å². The summed E-state index contributed by atoms with van der Waals surface area (Å²) in [5, 5.41) is 4.57. The van der Waals surface area contributed by atoms with E-state index in [2.05, 4.69) is 10.3 Å². The quantitative estimate of drug-likeness (QED) is 0.577. The van der Waals surface area contributed by atoms with Gasteiger partial charge < -0.3 is 19.4 Å². The maximum absolute atomic E-state index is 12.5. The second-order valence-corrected chi connectivity index (χ2v) is 9.17. The van der Waals surface area contributed by atoms with Gasteiger partial charge in [0.15, 0.2) is 5.58 Å². The monoisotopic (exact) mass is 461 g/mol. The average Bonchev–Trinajstić information content (AvgIpc) is 3.37. The predicted molar refractivity (Wildman–Crippen MR) is 119 cm³/mol. The Morgan fingerprint density at radius 2 is 1.84 bits per heavy atom. The van der Waals surface area contributed by atoms with Crippen LogP contribution in [0.15, 0.2) is 45.6 Å². The molecule has 7 nitrogen and oxygen atoms in total. The lowest BCUT2D eigenvalue weighted by molar-refractivity contribution is 0.101. The summed E-state index contributed by atoms with van der Waals surface area (Å²) in [4.78, 5) is 28.3. The highest BCUT2D eigenvalue weighted by Gasteiger charge is 2.42. The number of carbonyl (C=O) groups excluding carboxylic acids is 1. The molecule has 2 heterocycles. The van der Waals surface area contributed by atoms with Gasteiger partial charge in [0.2, 0.25) is 0 Å². The van der Waals surface area contributed by atoms with Crippen LogP contribution < -0.4 is 11.1 Å². The summed E-state index contributed by atoms with van der Waals surface area (Å²) < 4.78 is 10.6. The van der Waals surface area contributed by atoms with Crippen molar-refractivity contribution >= 4 is 46.1 Å². The molecule has 2 unspecified atom stereocenters. The third kappa shape index (κ3) is 4.38. The molecule has 0 spiro atoms. The van der Waals surface area contributed by atoms with E-state index in [1.807, 2.05) is 18.2 Å². The van der Waals surface area contributed by atoms with Crippen molar-refractivity contribution in [1.29, 1.82) is 0 Å². The molecule has 1 aliphatic carbocycles. The van der Waals surface area contributed by atoms with E-state index in [4.69, 9.17) is 32.4 Å². The van der Waals surface area contributed by atoms with E-state index < -0.39 is 5.76 Å². The summed E-state index contributed by atoms with van der Waals surface area (Å²) in [5.41, 5.74) is 2.93. The van der Waals surface area contributed by atoms with E-state index in [9.17, 15) is 9.59 Å². The Hall–Kier alpha value is -2.64. The highest BCUT2D eigenvalue weighted by Crippen LogP contribution is 2.39. The van der Waals surface area contributed by atoms with Gasteiger partial charge in [-0.2, -0.15) is 0 Å². The van der Waals surface area contributed by atoms with Crippen LogP contribution in [0.1, 0.15) is 18.4 Å². The highest BCUT2D eigenvalue weighted by molar-refractivity contribution is 6.34. The number of ether oxygens (including phenoxy) is 1. The first-order valence-electron chi connectivity index (χ1n) is 10.2. The molecule has 31 heavy (non-hydrogen) atoms. The number of fused-ring (bicyclic) bond motifs is 2. The van der Waals surface area contributed by atoms with Crippen LogP contribution in [0.2, 0.25) is 10.0 Å². The third-order valence-corrected chi connectivity index (χ3v) is 6.52. The first-order valence-corrected chi connectivity index (χ1v) is 10.9. The fourth-order valence-electron chi connectivity index (χ4n) is 4.77. The zero-order valence-electron chi connectivity index (χ0n) is 16.6. The van der Waals surface area contributed by atoms with Crippen molar-refractivity contribution in [2.45, 2.75) is 25.5 Å². The van der Waals surface area contributed by atoms with Gasteiger partial charge in [-0.05, 0) is 60.6 Å². The molecule has 9 heteroatoms. The van der Waals surface area contributed by atoms with Crippen LogP contribution >= 0.6 is 23.2 Å². The number of aromatic amines is 1. The number of H-pyrrole nitrogens is 1. The number of anilines is 1. The molecule has 1 aliphatic heterocycles. The molecule has 5 rings (SSSR count). The van der Waals surface area contributed by atoms with Crippen molar-refractivity contribution in [3.05, 3.63) is 62.6 Å². The minimum absolute atomic E-state index is 0.146. The van der Waals surface area contributed by atoms with Crippen LogP contribution in [0, 0.1) is 11.8 Å². The Balaban J connectivity index is 1.14. The van der Waals surface area contributed by atoms with Crippen molar-refractivity contribution in [1.82, 2.24) is 9.88 Å². The number of carbonyl (C=O) groups is 1. The van der Waals surface area contributed by atoms with Gasteiger partial charge in [0.25, 0.3) is 0 Å².